The van der Waals surface area contributed by atoms with Crippen LogP contribution in [0.3, 0.4) is 0 Å². The van der Waals surface area contributed by atoms with Crippen molar-refractivity contribution in [2.75, 3.05) is 46.3 Å². The molecule has 1 unspecified atom stereocenters. The molecule has 0 fully saturated rings. The molecule has 0 saturated carbocycles. The number of carbonyl (C=O) groups is 1. The van der Waals surface area contributed by atoms with Crippen LogP contribution in [0.15, 0.2) is 66.7 Å². The highest BCUT2D eigenvalue weighted by atomic mass is 16.5. The number of carbonyl (C=O) groups excluding carboxylic acids is 1. The molecule has 1 heterocycles. The van der Waals surface area contributed by atoms with E-state index in [0.29, 0.717) is 23.6 Å². The topological polar surface area (TPSA) is 54.0 Å². The Hall–Kier alpha value is -3.51. The minimum Gasteiger partial charge on any atom is -0.497 e. The van der Waals surface area contributed by atoms with E-state index in [9.17, 15) is 4.79 Å². The number of hydrogen-bond donors (Lipinski definition) is 1. The van der Waals surface area contributed by atoms with Gasteiger partial charge in [0, 0.05) is 51.0 Å². The second-order valence-corrected chi connectivity index (χ2v) is 8.80. The molecule has 4 rings (SSSR count). The standard InChI is InChI=1S/C28H33N3O3/c1-30(2)24-11-9-21(10-12-24)27(31-14-13-20-7-5-6-8-22(20)19-31)18-29-28(32)23-15-25(33-3)17-26(16-23)34-4/h5-12,15-17,27H,13-14,18-19H2,1-4H3,(H,29,32). The fraction of sp³-hybridized carbons (Fsp3) is 0.321. The van der Waals surface area contributed by atoms with E-state index < -0.39 is 0 Å². The van der Waals surface area contributed by atoms with Crippen LogP contribution in [0.4, 0.5) is 5.69 Å². The lowest BCUT2D eigenvalue weighted by Gasteiger charge is -2.36. The second kappa shape index (κ2) is 10.6. The summed E-state index contributed by atoms with van der Waals surface area (Å²) in [5, 5.41) is 3.16. The SMILES string of the molecule is COc1cc(OC)cc(C(=O)NCC(c2ccc(N(C)C)cc2)N2CCc3ccccc3C2)c1. The highest BCUT2D eigenvalue weighted by molar-refractivity contribution is 5.95. The fourth-order valence-corrected chi connectivity index (χ4v) is 4.47. The molecule has 0 bridgehead atoms. The van der Waals surface area contributed by atoms with Gasteiger partial charge in [0.05, 0.1) is 20.3 Å². The van der Waals surface area contributed by atoms with Gasteiger partial charge in [-0.1, -0.05) is 36.4 Å². The number of benzene rings is 3. The van der Waals surface area contributed by atoms with Gasteiger partial charge in [-0.05, 0) is 47.4 Å². The maximum absolute atomic E-state index is 13.1. The van der Waals surface area contributed by atoms with E-state index in [1.54, 1.807) is 32.4 Å². The van der Waals surface area contributed by atoms with Crippen LogP contribution in [-0.4, -0.2) is 52.2 Å². The molecule has 3 aromatic rings. The first kappa shape index (κ1) is 23.6. The molecular formula is C28H33N3O3. The smallest absolute Gasteiger partial charge is 0.251 e. The third-order valence-electron chi connectivity index (χ3n) is 6.46. The summed E-state index contributed by atoms with van der Waals surface area (Å²) in [6.45, 7) is 2.31. The third kappa shape index (κ3) is 5.34. The molecule has 0 aromatic heterocycles. The summed E-state index contributed by atoms with van der Waals surface area (Å²) < 4.78 is 10.7. The number of fused-ring (bicyclic) bond motifs is 1. The van der Waals surface area contributed by atoms with Crippen molar-refractivity contribution in [1.82, 2.24) is 10.2 Å². The van der Waals surface area contributed by atoms with Crippen molar-refractivity contribution in [2.45, 2.75) is 19.0 Å². The average Bonchev–Trinajstić information content (AvgIpc) is 2.88. The molecule has 0 spiro atoms. The van der Waals surface area contributed by atoms with E-state index in [4.69, 9.17) is 9.47 Å². The monoisotopic (exact) mass is 459 g/mol. The average molecular weight is 460 g/mol. The molecule has 6 nitrogen and oxygen atoms in total. The fourth-order valence-electron chi connectivity index (χ4n) is 4.47. The molecule has 178 valence electrons. The maximum atomic E-state index is 13.1. The Kier molecular flexibility index (Phi) is 7.38. The Morgan fingerprint density at radius 3 is 2.24 bits per heavy atom. The molecule has 0 radical (unpaired) electrons. The van der Waals surface area contributed by atoms with E-state index in [1.807, 2.05) is 14.1 Å². The van der Waals surface area contributed by atoms with Crippen LogP contribution in [0.1, 0.15) is 33.1 Å². The van der Waals surface area contributed by atoms with Crippen LogP contribution in [0, 0.1) is 0 Å². The molecule has 1 N–H and O–H groups in total. The van der Waals surface area contributed by atoms with Crippen molar-refractivity contribution in [3.05, 3.63) is 89.0 Å². The minimum atomic E-state index is -0.149. The molecular weight excluding hydrogens is 426 g/mol. The zero-order chi connectivity index (χ0) is 24.1. The number of rotatable bonds is 8. The number of methoxy groups -OCH3 is 2. The molecule has 1 aliphatic heterocycles. The summed E-state index contributed by atoms with van der Waals surface area (Å²) in [4.78, 5) is 17.6. The lowest BCUT2D eigenvalue weighted by molar-refractivity contribution is 0.0927. The van der Waals surface area contributed by atoms with Crippen LogP contribution in [0.25, 0.3) is 0 Å². The number of anilines is 1. The van der Waals surface area contributed by atoms with Crippen molar-refractivity contribution < 1.29 is 14.3 Å². The summed E-state index contributed by atoms with van der Waals surface area (Å²) in [6.07, 6.45) is 1.00. The number of hydrogen-bond acceptors (Lipinski definition) is 5. The van der Waals surface area contributed by atoms with Crippen LogP contribution in [0.5, 0.6) is 11.5 Å². The van der Waals surface area contributed by atoms with Crippen LogP contribution < -0.4 is 19.7 Å². The number of nitrogens with zero attached hydrogens (tertiary/aromatic N) is 2. The van der Waals surface area contributed by atoms with Crippen LogP contribution in [-0.2, 0) is 13.0 Å². The number of nitrogens with one attached hydrogen (secondary N) is 1. The van der Waals surface area contributed by atoms with Crippen LogP contribution in [0.2, 0.25) is 0 Å². The molecule has 34 heavy (non-hydrogen) atoms. The molecule has 1 amide bonds. The zero-order valence-corrected chi connectivity index (χ0v) is 20.4. The Labute approximate surface area is 202 Å². The summed E-state index contributed by atoms with van der Waals surface area (Å²) in [5.41, 5.74) is 5.62. The lowest BCUT2D eigenvalue weighted by atomic mass is 9.96. The second-order valence-electron chi connectivity index (χ2n) is 8.80. The maximum Gasteiger partial charge on any atom is 0.251 e. The Bertz CT molecular complexity index is 1110. The van der Waals surface area contributed by atoms with Gasteiger partial charge in [0.15, 0.2) is 0 Å². The normalized spacial score (nSPS) is 14.1. The van der Waals surface area contributed by atoms with E-state index in [2.05, 4.69) is 63.6 Å². The predicted octanol–water partition coefficient (Wildman–Crippen LogP) is 4.30. The van der Waals surface area contributed by atoms with Gasteiger partial charge in [0.1, 0.15) is 11.5 Å². The van der Waals surface area contributed by atoms with Crippen LogP contribution >= 0.6 is 0 Å². The van der Waals surface area contributed by atoms with E-state index in [1.165, 1.54) is 16.7 Å². The first-order chi connectivity index (χ1) is 16.5. The van der Waals surface area contributed by atoms with E-state index >= 15 is 0 Å². The highest BCUT2D eigenvalue weighted by Gasteiger charge is 2.25. The predicted molar refractivity (Wildman–Crippen MR) is 136 cm³/mol. The molecule has 3 aromatic carbocycles. The third-order valence-corrected chi connectivity index (χ3v) is 6.46. The van der Waals surface area contributed by atoms with Gasteiger partial charge in [-0.3, -0.25) is 9.69 Å². The van der Waals surface area contributed by atoms with Crippen molar-refractivity contribution >= 4 is 11.6 Å². The first-order valence-corrected chi connectivity index (χ1v) is 11.6. The summed E-state index contributed by atoms with van der Waals surface area (Å²) in [6, 6.07) is 22.5. The molecule has 1 aliphatic rings. The Morgan fingerprint density at radius 1 is 0.971 bits per heavy atom. The van der Waals surface area contributed by atoms with Crippen molar-refractivity contribution in [1.29, 1.82) is 0 Å². The first-order valence-electron chi connectivity index (χ1n) is 11.6. The van der Waals surface area contributed by atoms with Gasteiger partial charge in [-0.25, -0.2) is 0 Å². The van der Waals surface area contributed by atoms with Crippen molar-refractivity contribution in [3.8, 4) is 11.5 Å². The van der Waals surface area contributed by atoms with Gasteiger partial charge < -0.3 is 19.7 Å². The summed E-state index contributed by atoms with van der Waals surface area (Å²) in [5.74, 6) is 1.03. The number of amides is 1. The molecule has 0 aliphatic carbocycles. The quantitative estimate of drug-likeness (QED) is 0.544. The Balaban J connectivity index is 1.57. The van der Waals surface area contributed by atoms with Gasteiger partial charge in [0.25, 0.3) is 5.91 Å². The molecule has 1 atom stereocenters. The zero-order valence-electron chi connectivity index (χ0n) is 20.4. The number of ether oxygens (including phenoxy) is 2. The van der Waals surface area contributed by atoms with Gasteiger partial charge >= 0.3 is 0 Å². The van der Waals surface area contributed by atoms with Crippen molar-refractivity contribution in [2.24, 2.45) is 0 Å². The largest absolute Gasteiger partial charge is 0.497 e. The van der Waals surface area contributed by atoms with Gasteiger partial charge in [0.2, 0.25) is 0 Å². The van der Waals surface area contributed by atoms with Gasteiger partial charge in [-0.15, -0.1) is 0 Å². The Morgan fingerprint density at radius 2 is 1.62 bits per heavy atom. The highest BCUT2D eigenvalue weighted by Crippen LogP contribution is 2.29. The van der Waals surface area contributed by atoms with E-state index in [0.717, 1.165) is 25.2 Å². The molecule has 0 saturated heterocycles. The van der Waals surface area contributed by atoms with Gasteiger partial charge in [-0.2, -0.15) is 0 Å². The minimum absolute atomic E-state index is 0.0565. The van der Waals surface area contributed by atoms with E-state index in [-0.39, 0.29) is 11.9 Å². The van der Waals surface area contributed by atoms with Crippen molar-refractivity contribution in [3.63, 3.8) is 0 Å². The molecule has 6 heteroatoms. The lowest BCUT2D eigenvalue weighted by Crippen LogP contribution is -2.40. The summed E-state index contributed by atoms with van der Waals surface area (Å²) in [7, 11) is 7.24. The summed E-state index contributed by atoms with van der Waals surface area (Å²) >= 11 is 0.